The van der Waals surface area contributed by atoms with Crippen LogP contribution < -0.4 is 21.3 Å². The third-order valence-electron chi connectivity index (χ3n) is 10.3. The molecule has 12 nitrogen and oxygen atoms in total. The van der Waals surface area contributed by atoms with Gasteiger partial charge in [-0.3, -0.25) is 9.59 Å². The monoisotopic (exact) mass is 962 g/mol. The number of nitrogens with one attached hydrogen (secondary N) is 4. The number of hydrogen-bond donors (Lipinski definition) is 4. The van der Waals surface area contributed by atoms with Gasteiger partial charge < -0.3 is 30.4 Å². The molecular weight excluding hydrogens is 926 g/mol. The molecule has 6 aromatic rings. The Hall–Kier alpha value is -5.24. The minimum absolute atomic E-state index is 0.00736. The zero-order valence-corrected chi connectivity index (χ0v) is 35.6. The van der Waals surface area contributed by atoms with Crippen LogP contribution in [0.5, 0.6) is 0 Å². The van der Waals surface area contributed by atoms with E-state index in [1.807, 2.05) is 36.8 Å². The van der Waals surface area contributed by atoms with Gasteiger partial charge in [0.1, 0.15) is 43.0 Å². The lowest BCUT2D eigenvalue weighted by Gasteiger charge is -2.17. The molecule has 0 spiro atoms. The van der Waals surface area contributed by atoms with E-state index in [-0.39, 0.29) is 60.3 Å². The predicted molar refractivity (Wildman–Crippen MR) is 221 cm³/mol. The van der Waals surface area contributed by atoms with Crippen LogP contribution in [0.15, 0.2) is 70.4 Å². The van der Waals surface area contributed by atoms with Gasteiger partial charge in [0.25, 0.3) is 24.7 Å². The first-order valence-corrected chi connectivity index (χ1v) is 20.4. The number of hydrogen-bond acceptors (Lipinski definition) is 8. The van der Waals surface area contributed by atoms with Gasteiger partial charge in [0.2, 0.25) is 0 Å². The van der Waals surface area contributed by atoms with Gasteiger partial charge in [0, 0.05) is 23.2 Å². The summed E-state index contributed by atoms with van der Waals surface area (Å²) in [4.78, 5) is 42.4. The van der Waals surface area contributed by atoms with Crippen molar-refractivity contribution >= 4 is 88.8 Å². The first-order chi connectivity index (χ1) is 28.4. The molecule has 2 amide bonds. The zero-order valence-electron chi connectivity index (χ0n) is 32.4. The summed E-state index contributed by atoms with van der Waals surface area (Å²) in [6.07, 6.45) is -1.04. The third-order valence-corrected chi connectivity index (χ3v) is 11.1. The number of anilines is 4. The molecule has 4 aromatic heterocycles. The number of aromatic nitrogens is 6. The lowest BCUT2D eigenvalue weighted by Crippen LogP contribution is -2.42. The van der Waals surface area contributed by atoms with Crippen molar-refractivity contribution in [2.45, 2.75) is 89.4 Å². The van der Waals surface area contributed by atoms with Crippen molar-refractivity contribution in [3.8, 4) is 0 Å². The fourth-order valence-corrected chi connectivity index (χ4v) is 7.25. The standard InChI is InChI=1S/2C20H19BrF3N5O/c2*1-10(2)29-9-25-14-8-15(21)27-17(16(14)29)26-13-7-11(3-4-12(13)22)18(30)28-20(5-6-20)19(23)24/h2*3-4,7-10,19H,5-6H2,1-2H3,(H,26,27)(H,28,30). The van der Waals surface area contributed by atoms with Gasteiger partial charge in [-0.2, -0.15) is 0 Å². The Labute approximate surface area is 356 Å². The van der Waals surface area contributed by atoms with E-state index in [9.17, 15) is 35.9 Å². The summed E-state index contributed by atoms with van der Waals surface area (Å²) in [5, 5.41) is 10.6. The van der Waals surface area contributed by atoms with E-state index in [1.54, 1.807) is 24.8 Å². The highest BCUT2D eigenvalue weighted by atomic mass is 79.9. The van der Waals surface area contributed by atoms with Crippen LogP contribution in [0.3, 0.4) is 0 Å². The van der Waals surface area contributed by atoms with Crippen molar-refractivity contribution < 1.29 is 35.9 Å². The third kappa shape index (κ3) is 8.80. The summed E-state index contributed by atoms with van der Waals surface area (Å²) in [5.41, 5.74) is -0.0919. The van der Waals surface area contributed by atoms with E-state index in [4.69, 9.17) is 0 Å². The average Bonchev–Trinajstić information content (AvgIpc) is 4.06. The van der Waals surface area contributed by atoms with Crippen LogP contribution in [-0.2, 0) is 0 Å². The van der Waals surface area contributed by atoms with Gasteiger partial charge in [-0.05, 0) is 134 Å². The summed E-state index contributed by atoms with van der Waals surface area (Å²) in [6.45, 7) is 7.93. The number of carbonyl (C=O) groups excluding carboxylic acids is 2. The minimum atomic E-state index is -2.64. The molecule has 2 aliphatic carbocycles. The van der Waals surface area contributed by atoms with Crippen LogP contribution in [0, 0.1) is 11.6 Å². The van der Waals surface area contributed by atoms with E-state index >= 15 is 0 Å². The molecule has 0 bridgehead atoms. The number of rotatable bonds is 12. The quantitative estimate of drug-likeness (QED) is 0.0701. The van der Waals surface area contributed by atoms with Crippen molar-refractivity contribution in [3.63, 3.8) is 0 Å². The number of halogens is 8. The van der Waals surface area contributed by atoms with Crippen molar-refractivity contribution in [3.05, 3.63) is 93.2 Å². The molecule has 0 atom stereocenters. The maximum absolute atomic E-state index is 14.5. The first kappa shape index (κ1) is 42.9. The second kappa shape index (κ2) is 16.7. The van der Waals surface area contributed by atoms with Gasteiger partial charge in [0.05, 0.1) is 35.1 Å². The first-order valence-electron chi connectivity index (χ1n) is 18.8. The molecule has 0 saturated heterocycles. The molecule has 0 unspecified atom stereocenters. The molecule has 60 heavy (non-hydrogen) atoms. The molecule has 0 aliphatic heterocycles. The molecule has 8 rings (SSSR count). The van der Waals surface area contributed by atoms with E-state index in [0.717, 1.165) is 12.1 Å². The Morgan fingerprint density at radius 3 is 1.32 bits per heavy atom. The maximum Gasteiger partial charge on any atom is 0.261 e. The lowest BCUT2D eigenvalue weighted by atomic mass is 10.1. The molecule has 2 aromatic carbocycles. The maximum atomic E-state index is 14.5. The second-order valence-electron chi connectivity index (χ2n) is 15.3. The zero-order chi connectivity index (χ0) is 43.3. The number of benzene rings is 2. The molecule has 20 heteroatoms. The fraction of sp³-hybridized carbons (Fsp3) is 0.350. The van der Waals surface area contributed by atoms with Crippen LogP contribution in [-0.4, -0.2) is 64.8 Å². The summed E-state index contributed by atoms with van der Waals surface area (Å²) >= 11 is 6.65. The van der Waals surface area contributed by atoms with Crippen molar-refractivity contribution in [1.82, 2.24) is 39.7 Å². The van der Waals surface area contributed by atoms with E-state index in [0.29, 0.717) is 42.9 Å². The summed E-state index contributed by atoms with van der Waals surface area (Å²) in [5.74, 6) is -1.84. The van der Waals surface area contributed by atoms with Crippen LogP contribution in [0.2, 0.25) is 0 Å². The number of imidazole rings is 2. The molecule has 2 saturated carbocycles. The lowest BCUT2D eigenvalue weighted by molar-refractivity contribution is 0.0679. The highest BCUT2D eigenvalue weighted by Crippen LogP contribution is 2.42. The van der Waals surface area contributed by atoms with Crippen LogP contribution in [0.4, 0.5) is 49.4 Å². The summed E-state index contributed by atoms with van der Waals surface area (Å²) < 4.78 is 86.3. The SMILES string of the molecule is CC(C)n1cnc2cc(Br)nc(Nc3cc(C(=O)NC4(C(F)F)CC4)ccc3F)c21.CC(C)n1cnc2cc(Br)nc(Nc3cc(C(=O)NC4(C(F)F)CC4)ccc3F)c21. The van der Waals surface area contributed by atoms with Crippen molar-refractivity contribution in [1.29, 1.82) is 0 Å². The average molecular weight is 965 g/mol. The number of nitrogens with zero attached hydrogens (tertiary/aromatic N) is 6. The van der Waals surface area contributed by atoms with Crippen LogP contribution >= 0.6 is 31.9 Å². The van der Waals surface area contributed by atoms with Crippen molar-refractivity contribution in [2.75, 3.05) is 10.6 Å². The van der Waals surface area contributed by atoms with E-state index in [1.165, 1.54) is 24.3 Å². The highest BCUT2D eigenvalue weighted by molar-refractivity contribution is 9.10. The second-order valence-corrected chi connectivity index (χ2v) is 16.9. The van der Waals surface area contributed by atoms with Gasteiger partial charge >= 0.3 is 0 Å². The topological polar surface area (TPSA) is 144 Å². The molecule has 0 radical (unpaired) electrons. The molecular formula is C40H38Br2F6N10O2. The Balaban J connectivity index is 0.000000181. The molecule has 2 aliphatic rings. The summed E-state index contributed by atoms with van der Waals surface area (Å²) in [6, 6.07) is 11.0. The largest absolute Gasteiger partial charge is 0.341 e. The van der Waals surface area contributed by atoms with Crippen molar-refractivity contribution in [2.24, 2.45) is 0 Å². The number of fused-ring (bicyclic) bond motifs is 2. The summed E-state index contributed by atoms with van der Waals surface area (Å²) in [7, 11) is 0. The number of alkyl halides is 4. The molecule has 316 valence electrons. The number of amides is 2. The normalized spacial score (nSPS) is 15.1. The number of pyridine rings is 2. The van der Waals surface area contributed by atoms with Gasteiger partial charge in [0.15, 0.2) is 11.6 Å². The Morgan fingerprint density at radius 2 is 1.00 bits per heavy atom. The molecule has 4 heterocycles. The van der Waals surface area contributed by atoms with E-state index in [2.05, 4.69) is 73.1 Å². The smallest absolute Gasteiger partial charge is 0.261 e. The fourth-order valence-electron chi connectivity index (χ4n) is 6.46. The highest BCUT2D eigenvalue weighted by Gasteiger charge is 2.53. The Bertz CT molecular complexity index is 2430. The molecule has 4 N–H and O–H groups in total. The van der Waals surface area contributed by atoms with Gasteiger partial charge in [-0.1, -0.05) is 0 Å². The Kier molecular flexibility index (Phi) is 11.9. The van der Waals surface area contributed by atoms with Gasteiger partial charge in [-0.25, -0.2) is 46.3 Å². The number of carbonyl (C=O) groups is 2. The minimum Gasteiger partial charge on any atom is -0.341 e. The molecule has 2 fully saturated rings. The van der Waals surface area contributed by atoms with Gasteiger partial charge in [-0.15, -0.1) is 0 Å². The Morgan fingerprint density at radius 1 is 0.633 bits per heavy atom. The van der Waals surface area contributed by atoms with Crippen LogP contribution in [0.25, 0.3) is 22.1 Å². The predicted octanol–water partition coefficient (Wildman–Crippen LogP) is 10.4. The van der Waals surface area contributed by atoms with E-state index < -0.39 is 47.4 Å². The van der Waals surface area contributed by atoms with Crippen LogP contribution in [0.1, 0.15) is 86.2 Å².